The molecule has 15 heavy (non-hydrogen) atoms. The zero-order valence-corrected chi connectivity index (χ0v) is 10.9. The Bertz CT molecular complexity index is 325. The summed E-state index contributed by atoms with van der Waals surface area (Å²) in [5.41, 5.74) is 1.09. The lowest BCUT2D eigenvalue weighted by atomic mass is 10.1. The molecule has 0 aliphatic rings. The molecule has 0 heterocycles. The summed E-state index contributed by atoms with van der Waals surface area (Å²) >= 11 is 3.18. The number of hydrogen-bond donors (Lipinski definition) is 1. The third-order valence-electron chi connectivity index (χ3n) is 2.61. The molecule has 0 aliphatic carbocycles. The Labute approximate surface area is 99.2 Å². The molecule has 1 nitrogen and oxygen atoms in total. The molecule has 0 aromatic heterocycles. The van der Waals surface area contributed by atoms with Gasteiger partial charge in [0.05, 0.1) is 4.47 Å². The van der Waals surface area contributed by atoms with Crippen LogP contribution in [0.3, 0.4) is 0 Å². The van der Waals surface area contributed by atoms with Gasteiger partial charge in [-0.05, 0) is 46.5 Å². The molecule has 1 N–H and O–H groups in total. The maximum Gasteiger partial charge on any atom is 0.137 e. The van der Waals surface area contributed by atoms with Gasteiger partial charge in [-0.1, -0.05) is 19.9 Å². The number of rotatable bonds is 4. The van der Waals surface area contributed by atoms with E-state index in [1.54, 1.807) is 6.07 Å². The molecule has 0 saturated carbocycles. The van der Waals surface area contributed by atoms with E-state index in [1.165, 1.54) is 6.07 Å². The van der Waals surface area contributed by atoms with Crippen LogP contribution in [-0.2, 0) is 6.54 Å². The van der Waals surface area contributed by atoms with E-state index in [2.05, 4.69) is 42.0 Å². The van der Waals surface area contributed by atoms with Crippen LogP contribution in [0.15, 0.2) is 22.7 Å². The topological polar surface area (TPSA) is 12.0 Å². The molecule has 0 bridgehead atoms. The number of hydrogen-bond acceptors (Lipinski definition) is 1. The normalized spacial score (nSPS) is 13.2. The van der Waals surface area contributed by atoms with E-state index in [1.807, 2.05) is 6.07 Å². The van der Waals surface area contributed by atoms with Crippen LogP contribution < -0.4 is 5.32 Å². The van der Waals surface area contributed by atoms with Crippen molar-refractivity contribution in [3.05, 3.63) is 34.1 Å². The van der Waals surface area contributed by atoms with Gasteiger partial charge in [0, 0.05) is 12.6 Å². The minimum atomic E-state index is -0.212. The van der Waals surface area contributed by atoms with Crippen molar-refractivity contribution in [2.45, 2.75) is 33.4 Å². The second-order valence-electron chi connectivity index (χ2n) is 4.16. The number of nitrogens with one attached hydrogen (secondary N) is 1. The van der Waals surface area contributed by atoms with Crippen LogP contribution in [0, 0.1) is 11.7 Å². The first-order valence-corrected chi connectivity index (χ1v) is 5.97. The van der Waals surface area contributed by atoms with E-state index in [9.17, 15) is 4.39 Å². The Morgan fingerprint density at radius 3 is 2.53 bits per heavy atom. The first-order valence-electron chi connectivity index (χ1n) is 5.18. The van der Waals surface area contributed by atoms with Gasteiger partial charge < -0.3 is 5.32 Å². The van der Waals surface area contributed by atoms with Gasteiger partial charge in [0.25, 0.3) is 0 Å². The third-order valence-corrected chi connectivity index (χ3v) is 3.22. The summed E-state index contributed by atoms with van der Waals surface area (Å²) in [5, 5.41) is 3.40. The molecule has 0 saturated heterocycles. The van der Waals surface area contributed by atoms with Crippen molar-refractivity contribution in [2.24, 2.45) is 5.92 Å². The minimum Gasteiger partial charge on any atom is -0.310 e. The molecular weight excluding hydrogens is 257 g/mol. The number of halogens is 2. The Morgan fingerprint density at radius 1 is 1.33 bits per heavy atom. The lowest BCUT2D eigenvalue weighted by Crippen LogP contribution is -2.30. The van der Waals surface area contributed by atoms with Gasteiger partial charge in [-0.2, -0.15) is 0 Å². The van der Waals surface area contributed by atoms with Crippen LogP contribution in [0.25, 0.3) is 0 Å². The monoisotopic (exact) mass is 273 g/mol. The highest BCUT2D eigenvalue weighted by Crippen LogP contribution is 2.16. The van der Waals surface area contributed by atoms with E-state index in [0.29, 0.717) is 16.4 Å². The molecule has 1 unspecified atom stereocenters. The summed E-state index contributed by atoms with van der Waals surface area (Å²) in [6.45, 7) is 7.29. The highest BCUT2D eigenvalue weighted by molar-refractivity contribution is 9.10. The van der Waals surface area contributed by atoms with Gasteiger partial charge in [0.15, 0.2) is 0 Å². The average Bonchev–Trinajstić information content (AvgIpc) is 2.19. The first kappa shape index (κ1) is 12.7. The molecule has 1 aromatic rings. The maximum absolute atomic E-state index is 13.0. The van der Waals surface area contributed by atoms with Crippen LogP contribution in [0.4, 0.5) is 4.39 Å². The second kappa shape index (κ2) is 5.61. The molecule has 3 heteroatoms. The molecule has 1 rings (SSSR count). The van der Waals surface area contributed by atoms with Crippen LogP contribution in [-0.4, -0.2) is 6.04 Å². The summed E-state index contributed by atoms with van der Waals surface area (Å²) in [4.78, 5) is 0. The van der Waals surface area contributed by atoms with Crippen molar-refractivity contribution in [1.29, 1.82) is 0 Å². The fourth-order valence-electron chi connectivity index (χ4n) is 1.16. The summed E-state index contributed by atoms with van der Waals surface area (Å²) < 4.78 is 13.5. The van der Waals surface area contributed by atoms with Crippen LogP contribution in [0.2, 0.25) is 0 Å². The molecule has 84 valence electrons. The molecule has 1 aromatic carbocycles. The Kier molecular flexibility index (Phi) is 4.74. The highest BCUT2D eigenvalue weighted by Gasteiger charge is 2.06. The number of benzene rings is 1. The van der Waals surface area contributed by atoms with Crippen molar-refractivity contribution < 1.29 is 4.39 Å². The van der Waals surface area contributed by atoms with Crippen molar-refractivity contribution in [2.75, 3.05) is 0 Å². The van der Waals surface area contributed by atoms with E-state index in [-0.39, 0.29) is 5.82 Å². The van der Waals surface area contributed by atoms with Gasteiger partial charge in [0.1, 0.15) is 5.82 Å². The molecular formula is C12H17BrFN. The SMILES string of the molecule is CC(C)C(C)NCc1ccc(F)c(Br)c1. The zero-order chi connectivity index (χ0) is 11.4. The first-order chi connectivity index (χ1) is 7.00. The Hall–Kier alpha value is -0.410. The largest absolute Gasteiger partial charge is 0.310 e. The van der Waals surface area contributed by atoms with E-state index < -0.39 is 0 Å². The standard InChI is InChI=1S/C12H17BrFN/c1-8(2)9(3)15-7-10-4-5-12(14)11(13)6-10/h4-6,8-9,15H,7H2,1-3H3. The van der Waals surface area contributed by atoms with E-state index >= 15 is 0 Å². The van der Waals surface area contributed by atoms with Gasteiger partial charge in [-0.25, -0.2) is 4.39 Å². The fourth-order valence-corrected chi connectivity index (χ4v) is 1.59. The summed E-state index contributed by atoms with van der Waals surface area (Å²) in [7, 11) is 0. The maximum atomic E-state index is 13.0. The van der Waals surface area contributed by atoms with E-state index in [0.717, 1.165) is 12.1 Å². The van der Waals surface area contributed by atoms with E-state index in [4.69, 9.17) is 0 Å². The van der Waals surface area contributed by atoms with Crippen molar-refractivity contribution in [3.63, 3.8) is 0 Å². The molecule has 0 fully saturated rings. The molecule has 1 atom stereocenters. The zero-order valence-electron chi connectivity index (χ0n) is 9.35. The predicted octanol–water partition coefficient (Wildman–Crippen LogP) is 3.72. The molecule has 0 amide bonds. The van der Waals surface area contributed by atoms with Crippen LogP contribution in [0.1, 0.15) is 26.3 Å². The van der Waals surface area contributed by atoms with Gasteiger partial charge >= 0.3 is 0 Å². The second-order valence-corrected chi connectivity index (χ2v) is 5.02. The highest BCUT2D eigenvalue weighted by atomic mass is 79.9. The Morgan fingerprint density at radius 2 is 2.00 bits per heavy atom. The summed E-state index contributed by atoms with van der Waals surface area (Å²) in [5.74, 6) is 0.393. The van der Waals surface area contributed by atoms with Crippen LogP contribution >= 0.6 is 15.9 Å². The third kappa shape index (κ3) is 3.92. The minimum absolute atomic E-state index is 0.212. The van der Waals surface area contributed by atoms with Crippen molar-refractivity contribution in [3.8, 4) is 0 Å². The van der Waals surface area contributed by atoms with Gasteiger partial charge in [-0.3, -0.25) is 0 Å². The van der Waals surface area contributed by atoms with Crippen LogP contribution in [0.5, 0.6) is 0 Å². The predicted molar refractivity (Wildman–Crippen MR) is 65.2 cm³/mol. The summed E-state index contributed by atoms with van der Waals surface area (Å²) in [6.07, 6.45) is 0. The molecule has 0 aliphatic heterocycles. The quantitative estimate of drug-likeness (QED) is 0.882. The van der Waals surface area contributed by atoms with Crippen molar-refractivity contribution in [1.82, 2.24) is 5.32 Å². The molecule has 0 radical (unpaired) electrons. The molecule has 0 spiro atoms. The lowest BCUT2D eigenvalue weighted by molar-refractivity contribution is 0.426. The smallest absolute Gasteiger partial charge is 0.137 e. The summed E-state index contributed by atoms with van der Waals surface area (Å²) in [6, 6.07) is 5.57. The van der Waals surface area contributed by atoms with Gasteiger partial charge in [-0.15, -0.1) is 0 Å². The lowest BCUT2D eigenvalue weighted by Gasteiger charge is -2.17. The average molecular weight is 274 g/mol. The van der Waals surface area contributed by atoms with Gasteiger partial charge in [0.2, 0.25) is 0 Å². The van der Waals surface area contributed by atoms with Crippen molar-refractivity contribution >= 4 is 15.9 Å². The Balaban J connectivity index is 2.55. The fraction of sp³-hybridized carbons (Fsp3) is 0.500.